The molecule has 1 aromatic rings. The number of nitrogens with zero attached hydrogens (tertiary/aromatic N) is 1. The van der Waals surface area contributed by atoms with E-state index in [2.05, 4.69) is 17.2 Å². The van der Waals surface area contributed by atoms with Gasteiger partial charge in [-0.15, -0.1) is 0 Å². The number of nitrogens with one attached hydrogen (secondary N) is 1. The Morgan fingerprint density at radius 2 is 2.10 bits per heavy atom. The maximum Gasteiger partial charge on any atom is 0.416 e. The predicted octanol–water partition coefficient (Wildman–Crippen LogP) is 4.58. The van der Waals surface area contributed by atoms with Crippen LogP contribution in [0.25, 0.3) is 0 Å². The van der Waals surface area contributed by atoms with Gasteiger partial charge in [0, 0.05) is 18.4 Å². The van der Waals surface area contributed by atoms with Gasteiger partial charge in [0.05, 0.1) is 5.56 Å². The highest BCUT2D eigenvalue weighted by Crippen LogP contribution is 2.43. The fourth-order valence-electron chi connectivity index (χ4n) is 3.45. The molecule has 1 saturated carbocycles. The monoisotopic (exact) mass is 300 g/mol. The van der Waals surface area contributed by atoms with E-state index in [4.69, 9.17) is 0 Å². The van der Waals surface area contributed by atoms with Crippen LogP contribution >= 0.6 is 0 Å². The van der Waals surface area contributed by atoms with E-state index in [0.29, 0.717) is 18.0 Å². The molecule has 5 heteroatoms. The Hall–Kier alpha value is -1.10. The average molecular weight is 300 g/mol. The van der Waals surface area contributed by atoms with Crippen molar-refractivity contribution in [2.45, 2.75) is 51.7 Å². The van der Waals surface area contributed by atoms with Crippen molar-refractivity contribution in [1.29, 1.82) is 0 Å². The molecule has 1 aromatic heterocycles. The van der Waals surface area contributed by atoms with E-state index in [1.807, 2.05) is 6.92 Å². The molecule has 1 aliphatic rings. The zero-order chi connectivity index (χ0) is 15.5. The minimum atomic E-state index is -4.32. The lowest BCUT2D eigenvalue weighted by molar-refractivity contribution is -0.138. The number of aromatic nitrogens is 1. The van der Waals surface area contributed by atoms with Gasteiger partial charge in [-0.1, -0.05) is 26.7 Å². The van der Waals surface area contributed by atoms with Crippen molar-refractivity contribution in [1.82, 2.24) is 10.3 Å². The summed E-state index contributed by atoms with van der Waals surface area (Å²) in [6.07, 6.45) is 2.49. The van der Waals surface area contributed by atoms with Crippen LogP contribution in [0, 0.1) is 11.8 Å². The highest BCUT2D eigenvalue weighted by molar-refractivity contribution is 5.30. The molecule has 2 rings (SSSR count). The van der Waals surface area contributed by atoms with E-state index < -0.39 is 11.7 Å². The molecule has 1 N–H and O–H groups in total. The van der Waals surface area contributed by atoms with Crippen molar-refractivity contribution in [3.05, 3.63) is 29.6 Å². The fraction of sp³-hybridized carbons (Fsp3) is 0.688. The SMILES string of the molecule is CCNC(c1cnccc1C(F)(F)F)C1CCC(CC)C1. The third-order valence-corrected chi connectivity index (χ3v) is 4.55. The summed E-state index contributed by atoms with van der Waals surface area (Å²) in [5.74, 6) is 0.905. The Kier molecular flexibility index (Phi) is 5.25. The van der Waals surface area contributed by atoms with Gasteiger partial charge in [-0.3, -0.25) is 4.98 Å². The second kappa shape index (κ2) is 6.77. The van der Waals surface area contributed by atoms with Gasteiger partial charge in [-0.25, -0.2) is 0 Å². The first-order valence-electron chi connectivity index (χ1n) is 7.71. The van der Waals surface area contributed by atoms with Gasteiger partial charge in [-0.05, 0) is 42.9 Å². The third kappa shape index (κ3) is 3.76. The molecule has 1 fully saturated rings. The van der Waals surface area contributed by atoms with Gasteiger partial charge < -0.3 is 5.32 Å². The van der Waals surface area contributed by atoms with Crippen LogP contribution in [0.1, 0.15) is 56.7 Å². The Bertz CT molecular complexity index is 459. The van der Waals surface area contributed by atoms with E-state index in [9.17, 15) is 13.2 Å². The molecule has 1 aliphatic carbocycles. The first-order valence-corrected chi connectivity index (χ1v) is 7.71. The summed E-state index contributed by atoms with van der Waals surface area (Å²) in [6, 6.07) is 0.836. The molecule has 3 unspecified atom stereocenters. The van der Waals surface area contributed by atoms with Crippen LogP contribution in [0.2, 0.25) is 0 Å². The lowest BCUT2D eigenvalue weighted by Gasteiger charge is -2.27. The Morgan fingerprint density at radius 1 is 1.33 bits per heavy atom. The molecular formula is C16H23F3N2. The standard InChI is InChI=1S/C16H23F3N2/c1-3-11-5-6-12(9-11)15(21-4-2)13-10-20-8-7-14(13)16(17,18)19/h7-8,10-12,15,21H,3-6,9H2,1-2H3. The Balaban J connectivity index is 2.31. The molecule has 0 spiro atoms. The summed E-state index contributed by atoms with van der Waals surface area (Å²) in [7, 11) is 0. The predicted molar refractivity (Wildman–Crippen MR) is 76.8 cm³/mol. The highest BCUT2D eigenvalue weighted by Gasteiger charge is 2.38. The smallest absolute Gasteiger partial charge is 0.310 e. The minimum Gasteiger partial charge on any atom is -0.310 e. The molecule has 2 nitrogen and oxygen atoms in total. The van der Waals surface area contributed by atoms with E-state index in [1.165, 1.54) is 12.4 Å². The first-order chi connectivity index (χ1) is 9.97. The fourth-order valence-corrected chi connectivity index (χ4v) is 3.45. The second-order valence-corrected chi connectivity index (χ2v) is 5.84. The lowest BCUT2D eigenvalue weighted by Crippen LogP contribution is -2.29. The van der Waals surface area contributed by atoms with Gasteiger partial charge >= 0.3 is 6.18 Å². The van der Waals surface area contributed by atoms with Crippen LogP contribution < -0.4 is 5.32 Å². The number of hydrogen-bond acceptors (Lipinski definition) is 2. The first kappa shape index (κ1) is 16.3. The van der Waals surface area contributed by atoms with Gasteiger partial charge in [0.15, 0.2) is 0 Å². The van der Waals surface area contributed by atoms with Crippen molar-refractivity contribution in [3.63, 3.8) is 0 Å². The molecule has 0 bridgehead atoms. The molecule has 0 radical (unpaired) electrons. The molecule has 0 amide bonds. The van der Waals surface area contributed by atoms with E-state index >= 15 is 0 Å². The van der Waals surface area contributed by atoms with Crippen LogP contribution in [0.15, 0.2) is 18.5 Å². The average Bonchev–Trinajstić information content (AvgIpc) is 2.92. The summed E-state index contributed by atoms with van der Waals surface area (Å²) in [5.41, 5.74) is -0.253. The maximum atomic E-state index is 13.2. The molecule has 0 aliphatic heterocycles. The summed E-state index contributed by atoms with van der Waals surface area (Å²) in [5, 5.41) is 3.26. The molecule has 21 heavy (non-hydrogen) atoms. The van der Waals surface area contributed by atoms with Gasteiger partial charge in [-0.2, -0.15) is 13.2 Å². The van der Waals surface area contributed by atoms with Crippen LogP contribution in [0.4, 0.5) is 13.2 Å². The minimum absolute atomic E-state index is 0.253. The zero-order valence-corrected chi connectivity index (χ0v) is 12.6. The van der Waals surface area contributed by atoms with Crippen LogP contribution in [0.5, 0.6) is 0 Å². The normalized spacial score (nSPS) is 24.2. The number of halogens is 3. The highest BCUT2D eigenvalue weighted by atomic mass is 19.4. The summed E-state index contributed by atoms with van der Waals surface area (Å²) >= 11 is 0. The molecule has 0 saturated heterocycles. The molecule has 3 atom stereocenters. The lowest BCUT2D eigenvalue weighted by atomic mass is 9.88. The topological polar surface area (TPSA) is 24.9 Å². The molecule has 0 aromatic carbocycles. The Labute approximate surface area is 124 Å². The van der Waals surface area contributed by atoms with Crippen LogP contribution in [-0.2, 0) is 6.18 Å². The molecule has 118 valence electrons. The van der Waals surface area contributed by atoms with Gasteiger partial charge in [0.25, 0.3) is 0 Å². The van der Waals surface area contributed by atoms with Crippen molar-refractivity contribution < 1.29 is 13.2 Å². The van der Waals surface area contributed by atoms with Crippen molar-refractivity contribution in [2.24, 2.45) is 11.8 Å². The van der Waals surface area contributed by atoms with Crippen molar-refractivity contribution in [3.8, 4) is 0 Å². The summed E-state index contributed by atoms with van der Waals surface area (Å²) in [4.78, 5) is 3.93. The zero-order valence-electron chi connectivity index (χ0n) is 12.6. The third-order valence-electron chi connectivity index (χ3n) is 4.55. The quantitative estimate of drug-likeness (QED) is 0.861. The van der Waals surface area contributed by atoms with Gasteiger partial charge in [0.2, 0.25) is 0 Å². The summed E-state index contributed by atoms with van der Waals surface area (Å²) < 4.78 is 39.7. The van der Waals surface area contributed by atoms with Crippen molar-refractivity contribution >= 4 is 0 Å². The molecule has 1 heterocycles. The number of hydrogen-bond donors (Lipinski definition) is 1. The number of pyridine rings is 1. The van der Waals surface area contributed by atoms with E-state index in [1.54, 1.807) is 0 Å². The maximum absolute atomic E-state index is 13.2. The van der Waals surface area contributed by atoms with Crippen LogP contribution in [-0.4, -0.2) is 11.5 Å². The Morgan fingerprint density at radius 3 is 2.67 bits per heavy atom. The second-order valence-electron chi connectivity index (χ2n) is 5.84. The largest absolute Gasteiger partial charge is 0.416 e. The van der Waals surface area contributed by atoms with Gasteiger partial charge in [0.1, 0.15) is 0 Å². The van der Waals surface area contributed by atoms with Crippen LogP contribution in [0.3, 0.4) is 0 Å². The molecular weight excluding hydrogens is 277 g/mol. The number of alkyl halides is 3. The number of rotatable bonds is 5. The van der Waals surface area contributed by atoms with Crippen molar-refractivity contribution in [2.75, 3.05) is 6.54 Å². The summed E-state index contributed by atoms with van der Waals surface area (Å²) in [6.45, 7) is 4.74. The van der Waals surface area contributed by atoms with E-state index in [0.717, 1.165) is 31.7 Å². The van der Waals surface area contributed by atoms with E-state index in [-0.39, 0.29) is 12.0 Å².